The van der Waals surface area contributed by atoms with Gasteiger partial charge in [-0.1, -0.05) is 6.07 Å². The van der Waals surface area contributed by atoms with Gasteiger partial charge in [-0.05, 0) is 61.4 Å². The summed E-state index contributed by atoms with van der Waals surface area (Å²) in [5.74, 6) is 0.597. The molecule has 2 N–H and O–H groups in total. The number of carbonyl (C=O) groups excluding carboxylic acids is 1. The van der Waals surface area contributed by atoms with Gasteiger partial charge in [-0.3, -0.25) is 4.79 Å². The van der Waals surface area contributed by atoms with Gasteiger partial charge in [0.05, 0.1) is 17.7 Å². The highest BCUT2D eigenvalue weighted by molar-refractivity contribution is 7.89. The van der Waals surface area contributed by atoms with E-state index in [0.717, 1.165) is 24.2 Å². The molecule has 9 nitrogen and oxygen atoms in total. The number of nitrogens with one attached hydrogen (secondary N) is 2. The number of nitrogens with zero attached hydrogens (tertiary/aromatic N) is 2. The van der Waals surface area contributed by atoms with E-state index in [1.54, 1.807) is 25.3 Å². The van der Waals surface area contributed by atoms with E-state index in [1.807, 2.05) is 35.0 Å². The minimum absolute atomic E-state index is 0.0159. The molecule has 4 aromatic rings. The van der Waals surface area contributed by atoms with Gasteiger partial charge in [-0.15, -0.1) is 0 Å². The van der Waals surface area contributed by atoms with Gasteiger partial charge in [-0.25, -0.2) is 18.1 Å². The van der Waals surface area contributed by atoms with Crippen molar-refractivity contribution in [1.82, 2.24) is 14.1 Å². The number of aromatic nitrogens is 2. The van der Waals surface area contributed by atoms with Gasteiger partial charge >= 0.3 is 0 Å². The molecule has 2 aromatic carbocycles. The van der Waals surface area contributed by atoms with Gasteiger partial charge in [-0.2, -0.15) is 0 Å². The number of hydrogen-bond donors (Lipinski definition) is 2. The second-order valence-corrected chi connectivity index (χ2v) is 9.94. The molecule has 1 aliphatic carbocycles. The minimum atomic E-state index is -3.57. The molecule has 2 aromatic heterocycles. The first kappa shape index (κ1) is 22.9. The molecular weight excluding hydrogens is 468 g/mol. The van der Waals surface area contributed by atoms with Crippen LogP contribution >= 0.6 is 0 Å². The highest BCUT2D eigenvalue weighted by Crippen LogP contribution is 2.31. The second-order valence-electron chi connectivity index (χ2n) is 8.23. The van der Waals surface area contributed by atoms with Crippen LogP contribution in [0.25, 0.3) is 5.65 Å². The highest BCUT2D eigenvalue weighted by Gasteiger charge is 2.28. The molecule has 180 valence electrons. The van der Waals surface area contributed by atoms with Gasteiger partial charge in [0.15, 0.2) is 11.5 Å². The van der Waals surface area contributed by atoms with E-state index in [0.29, 0.717) is 22.7 Å². The number of amides is 1. The van der Waals surface area contributed by atoms with Crippen molar-refractivity contribution in [2.45, 2.75) is 30.4 Å². The molecule has 1 aliphatic rings. The molecule has 5 rings (SSSR count). The third-order valence-corrected chi connectivity index (χ3v) is 7.07. The normalized spacial score (nSPS) is 13.5. The molecule has 2 heterocycles. The summed E-state index contributed by atoms with van der Waals surface area (Å²) in [5, 5.41) is 2.81. The van der Waals surface area contributed by atoms with Crippen molar-refractivity contribution in [3.8, 4) is 11.5 Å². The topological polar surface area (TPSA) is 111 Å². The summed E-state index contributed by atoms with van der Waals surface area (Å²) < 4.78 is 40.5. The fraction of sp³-hybridized carbons (Fsp3) is 0.200. The second kappa shape index (κ2) is 9.40. The fourth-order valence-electron chi connectivity index (χ4n) is 3.55. The van der Waals surface area contributed by atoms with Gasteiger partial charge in [0.25, 0.3) is 5.91 Å². The lowest BCUT2D eigenvalue weighted by Crippen LogP contribution is -2.25. The predicted octanol–water partition coefficient (Wildman–Crippen LogP) is 3.61. The Bertz CT molecular complexity index is 1440. The van der Waals surface area contributed by atoms with Crippen LogP contribution in [0.1, 0.15) is 28.9 Å². The van der Waals surface area contributed by atoms with Gasteiger partial charge in [0.1, 0.15) is 12.3 Å². The van der Waals surface area contributed by atoms with Gasteiger partial charge in [0.2, 0.25) is 10.0 Å². The van der Waals surface area contributed by atoms with Crippen molar-refractivity contribution >= 4 is 27.3 Å². The first-order valence-corrected chi connectivity index (χ1v) is 12.6. The first-order chi connectivity index (χ1) is 16.9. The summed E-state index contributed by atoms with van der Waals surface area (Å²) in [4.78, 5) is 17.4. The summed E-state index contributed by atoms with van der Waals surface area (Å²) in [6.45, 7) is 0.222. The Balaban J connectivity index is 1.27. The third-order valence-electron chi connectivity index (χ3n) is 5.54. The highest BCUT2D eigenvalue weighted by atomic mass is 32.2. The lowest BCUT2D eigenvalue weighted by atomic mass is 10.2. The summed E-state index contributed by atoms with van der Waals surface area (Å²) in [6, 6.07) is 16.7. The van der Waals surface area contributed by atoms with E-state index in [9.17, 15) is 13.2 Å². The molecular formula is C25H24N4O5S. The summed E-state index contributed by atoms with van der Waals surface area (Å²) in [6.07, 6.45) is 5.50. The molecule has 0 unspecified atom stereocenters. The summed E-state index contributed by atoms with van der Waals surface area (Å²) >= 11 is 0. The van der Waals surface area contributed by atoms with Crippen molar-refractivity contribution in [2.24, 2.45) is 0 Å². The van der Waals surface area contributed by atoms with Crippen LogP contribution in [-0.2, 0) is 16.6 Å². The van der Waals surface area contributed by atoms with E-state index in [1.165, 1.54) is 24.3 Å². The van der Waals surface area contributed by atoms with Crippen molar-refractivity contribution < 1.29 is 22.7 Å². The first-order valence-electron chi connectivity index (χ1n) is 11.1. The van der Waals surface area contributed by atoms with Gasteiger partial charge < -0.3 is 19.2 Å². The molecule has 0 aliphatic heterocycles. The number of rotatable bonds is 9. The number of fused-ring (bicyclic) bond motifs is 1. The zero-order valence-electron chi connectivity index (χ0n) is 19.0. The van der Waals surface area contributed by atoms with E-state index in [-0.39, 0.29) is 23.5 Å². The van der Waals surface area contributed by atoms with Crippen molar-refractivity contribution in [3.05, 3.63) is 84.3 Å². The van der Waals surface area contributed by atoms with Crippen LogP contribution in [-0.4, -0.2) is 36.9 Å². The van der Waals surface area contributed by atoms with Crippen molar-refractivity contribution in [3.63, 3.8) is 0 Å². The van der Waals surface area contributed by atoms with Crippen molar-refractivity contribution in [1.29, 1.82) is 0 Å². The maximum Gasteiger partial charge on any atom is 0.255 e. The third kappa shape index (κ3) is 5.28. The Kier molecular flexibility index (Phi) is 6.14. The molecule has 1 saturated carbocycles. The van der Waals surface area contributed by atoms with Gasteiger partial charge in [0, 0.05) is 35.8 Å². The Morgan fingerprint density at radius 1 is 1.09 bits per heavy atom. The smallest absolute Gasteiger partial charge is 0.255 e. The molecule has 1 amide bonds. The van der Waals surface area contributed by atoms with Crippen LogP contribution < -0.4 is 19.5 Å². The molecule has 0 radical (unpaired) electrons. The summed E-state index contributed by atoms with van der Waals surface area (Å²) in [7, 11) is -2.03. The van der Waals surface area contributed by atoms with Crippen LogP contribution in [0.4, 0.5) is 5.69 Å². The molecule has 0 bridgehead atoms. The lowest BCUT2D eigenvalue weighted by molar-refractivity contribution is 0.102. The lowest BCUT2D eigenvalue weighted by Gasteiger charge is -2.12. The van der Waals surface area contributed by atoms with E-state index in [4.69, 9.17) is 9.47 Å². The van der Waals surface area contributed by atoms with Crippen LogP contribution in [0.3, 0.4) is 0 Å². The number of carbonyl (C=O) groups is 1. The number of hydrogen-bond acceptors (Lipinski definition) is 6. The molecule has 0 saturated heterocycles. The largest absolute Gasteiger partial charge is 0.493 e. The summed E-state index contributed by atoms with van der Waals surface area (Å²) in [5.41, 5.74) is 2.41. The number of imidazole rings is 1. The minimum Gasteiger partial charge on any atom is -0.493 e. The van der Waals surface area contributed by atoms with E-state index in [2.05, 4.69) is 15.0 Å². The predicted molar refractivity (Wildman–Crippen MR) is 130 cm³/mol. The van der Waals surface area contributed by atoms with E-state index < -0.39 is 10.0 Å². The van der Waals surface area contributed by atoms with Crippen LogP contribution in [0.2, 0.25) is 0 Å². The number of methoxy groups -OCH3 is 1. The number of ether oxygens (including phenoxy) is 2. The Labute approximate surface area is 202 Å². The van der Waals surface area contributed by atoms with Crippen LogP contribution in [0.5, 0.6) is 11.5 Å². The average molecular weight is 493 g/mol. The van der Waals surface area contributed by atoms with Crippen LogP contribution in [0.15, 0.2) is 78.0 Å². The number of sulfonamides is 1. The Hall–Kier alpha value is -3.89. The monoisotopic (exact) mass is 492 g/mol. The molecule has 0 atom stereocenters. The number of benzene rings is 2. The molecule has 35 heavy (non-hydrogen) atoms. The zero-order chi connectivity index (χ0) is 24.4. The fourth-order valence-corrected chi connectivity index (χ4v) is 4.86. The van der Waals surface area contributed by atoms with Crippen LogP contribution in [0, 0.1) is 0 Å². The standard InChI is InChI=1S/C25H24N4O5S/c1-33-22-12-9-19(14-23(22)34-16-20-15-29-13-3-2-4-24(29)26-20)27-25(30)17-5-10-21(11-6-17)35(31,32)28-18-7-8-18/h2-6,9-15,18,28H,7-8,16H2,1H3,(H,27,30). The van der Waals surface area contributed by atoms with Crippen molar-refractivity contribution in [2.75, 3.05) is 12.4 Å². The maximum atomic E-state index is 12.7. The average Bonchev–Trinajstić information content (AvgIpc) is 3.56. The maximum absolute atomic E-state index is 12.7. The molecule has 10 heteroatoms. The number of anilines is 1. The Morgan fingerprint density at radius 2 is 1.89 bits per heavy atom. The van der Waals surface area contributed by atoms with E-state index >= 15 is 0 Å². The molecule has 0 spiro atoms. The quantitative estimate of drug-likeness (QED) is 0.369. The Morgan fingerprint density at radius 3 is 2.60 bits per heavy atom. The SMILES string of the molecule is COc1ccc(NC(=O)c2ccc(S(=O)(=O)NC3CC3)cc2)cc1OCc1cn2ccccc2n1. The number of pyridine rings is 1. The zero-order valence-corrected chi connectivity index (χ0v) is 19.8. The molecule has 1 fully saturated rings.